The lowest BCUT2D eigenvalue weighted by molar-refractivity contribution is 0.114. The Morgan fingerprint density at radius 1 is 1.47 bits per heavy atom. The van der Waals surface area contributed by atoms with Gasteiger partial charge in [-0.25, -0.2) is 9.18 Å². The highest BCUT2D eigenvalue weighted by Crippen LogP contribution is 2.24. The average molecular weight is 237 g/mol. The lowest BCUT2D eigenvalue weighted by Gasteiger charge is -2.39. The number of rotatable bonds is 1. The van der Waals surface area contributed by atoms with Crippen molar-refractivity contribution in [1.82, 2.24) is 9.80 Å². The molecule has 1 aliphatic rings. The normalized spacial score (nSPS) is 21.5. The van der Waals surface area contributed by atoms with Gasteiger partial charge in [0.2, 0.25) is 0 Å². The van der Waals surface area contributed by atoms with Gasteiger partial charge in [-0.15, -0.1) is 0 Å². The summed E-state index contributed by atoms with van der Waals surface area (Å²) < 4.78 is 13.2. The summed E-state index contributed by atoms with van der Waals surface area (Å²) in [5, 5.41) is 0. The van der Waals surface area contributed by atoms with Gasteiger partial charge < -0.3 is 15.5 Å². The second-order valence-corrected chi connectivity index (χ2v) is 4.36. The van der Waals surface area contributed by atoms with Gasteiger partial charge in [0.15, 0.2) is 0 Å². The third kappa shape index (κ3) is 2.55. The number of nitrogens with zero attached hydrogens (tertiary/aromatic N) is 2. The number of halogens is 1. The molecule has 0 spiro atoms. The number of amides is 2. The van der Waals surface area contributed by atoms with Crippen LogP contribution < -0.4 is 5.73 Å². The molecule has 0 bridgehead atoms. The maximum Gasteiger partial charge on any atom is 0.315 e. The van der Waals surface area contributed by atoms with Gasteiger partial charge in [0.25, 0.3) is 0 Å². The minimum atomic E-state index is -0.452. The first-order valence-corrected chi connectivity index (χ1v) is 5.58. The minimum Gasteiger partial charge on any atom is -0.351 e. The van der Waals surface area contributed by atoms with E-state index in [0.29, 0.717) is 13.1 Å². The summed E-state index contributed by atoms with van der Waals surface area (Å²) >= 11 is 0. The highest BCUT2D eigenvalue weighted by molar-refractivity contribution is 5.72. The number of carbonyl (C=O) groups excluding carboxylic acids is 1. The van der Waals surface area contributed by atoms with E-state index < -0.39 is 6.03 Å². The monoisotopic (exact) mass is 237 g/mol. The van der Waals surface area contributed by atoms with Crippen LogP contribution in [0.4, 0.5) is 9.18 Å². The fraction of sp³-hybridized carbons (Fsp3) is 0.417. The van der Waals surface area contributed by atoms with Gasteiger partial charge in [-0.3, -0.25) is 0 Å². The zero-order valence-corrected chi connectivity index (χ0v) is 9.77. The van der Waals surface area contributed by atoms with Crippen LogP contribution in [0.2, 0.25) is 0 Å². The van der Waals surface area contributed by atoms with Crippen molar-refractivity contribution in [3.05, 3.63) is 35.6 Å². The summed E-state index contributed by atoms with van der Waals surface area (Å²) in [6, 6.07) is 5.71. The number of benzene rings is 1. The maximum absolute atomic E-state index is 13.2. The molecule has 0 aromatic heterocycles. The molecule has 2 rings (SSSR count). The molecular formula is C12H16FN3O. The number of hydrogen-bond donors (Lipinski definition) is 1. The maximum atomic E-state index is 13.2. The Morgan fingerprint density at radius 2 is 2.24 bits per heavy atom. The second-order valence-electron chi connectivity index (χ2n) is 4.36. The van der Waals surface area contributed by atoms with E-state index in [1.807, 2.05) is 13.1 Å². The van der Waals surface area contributed by atoms with Crippen LogP contribution in [0.5, 0.6) is 0 Å². The van der Waals surface area contributed by atoms with Crippen LogP contribution in [-0.2, 0) is 0 Å². The molecule has 1 heterocycles. The van der Waals surface area contributed by atoms with Gasteiger partial charge >= 0.3 is 6.03 Å². The molecule has 1 aromatic carbocycles. The summed E-state index contributed by atoms with van der Waals surface area (Å²) in [6.07, 6.45) is 0. The van der Waals surface area contributed by atoms with Gasteiger partial charge in [-0.1, -0.05) is 12.1 Å². The van der Waals surface area contributed by atoms with Crippen molar-refractivity contribution in [2.75, 3.05) is 26.7 Å². The molecule has 17 heavy (non-hydrogen) atoms. The Bertz CT molecular complexity index is 424. The van der Waals surface area contributed by atoms with Crippen molar-refractivity contribution in [2.24, 2.45) is 5.73 Å². The summed E-state index contributed by atoms with van der Waals surface area (Å²) in [5.74, 6) is -0.292. The van der Waals surface area contributed by atoms with Gasteiger partial charge in [0.05, 0.1) is 6.04 Å². The minimum absolute atomic E-state index is 0.165. The van der Waals surface area contributed by atoms with Gasteiger partial charge in [-0.2, -0.15) is 0 Å². The molecule has 0 saturated carbocycles. The van der Waals surface area contributed by atoms with E-state index in [0.717, 1.165) is 12.1 Å². The van der Waals surface area contributed by atoms with Crippen LogP contribution in [-0.4, -0.2) is 42.5 Å². The molecule has 92 valence electrons. The SMILES string of the molecule is CN1CCN(C(N)=O)C(c2cccc(F)c2)C1. The Morgan fingerprint density at radius 3 is 2.88 bits per heavy atom. The summed E-state index contributed by atoms with van der Waals surface area (Å²) in [4.78, 5) is 15.1. The number of carbonyl (C=O) groups is 1. The summed E-state index contributed by atoms with van der Waals surface area (Å²) in [7, 11) is 1.98. The van der Waals surface area contributed by atoms with E-state index in [-0.39, 0.29) is 11.9 Å². The molecular weight excluding hydrogens is 221 g/mol. The topological polar surface area (TPSA) is 49.6 Å². The molecule has 0 radical (unpaired) electrons. The summed E-state index contributed by atoms with van der Waals surface area (Å²) in [5.41, 5.74) is 6.14. The molecule has 1 saturated heterocycles. The fourth-order valence-electron chi connectivity index (χ4n) is 2.18. The molecule has 2 amide bonds. The Balaban J connectivity index is 2.28. The zero-order valence-electron chi connectivity index (χ0n) is 9.77. The number of piperazine rings is 1. The standard InChI is InChI=1S/C12H16FN3O/c1-15-5-6-16(12(14)17)11(8-15)9-3-2-4-10(13)7-9/h2-4,7,11H,5-6,8H2,1H3,(H2,14,17). The van der Waals surface area contributed by atoms with E-state index >= 15 is 0 Å². The van der Waals surface area contributed by atoms with Crippen molar-refractivity contribution < 1.29 is 9.18 Å². The smallest absolute Gasteiger partial charge is 0.315 e. The molecule has 4 nitrogen and oxygen atoms in total. The molecule has 1 unspecified atom stereocenters. The van der Waals surface area contributed by atoms with Crippen LogP contribution in [0.3, 0.4) is 0 Å². The third-order valence-electron chi connectivity index (χ3n) is 3.10. The predicted octanol–water partition coefficient (Wildman–Crippen LogP) is 1.19. The molecule has 0 aliphatic carbocycles. The van der Waals surface area contributed by atoms with Crippen molar-refractivity contribution in [3.8, 4) is 0 Å². The van der Waals surface area contributed by atoms with Crippen LogP contribution in [0.25, 0.3) is 0 Å². The molecule has 1 aliphatic heterocycles. The number of urea groups is 1. The van der Waals surface area contributed by atoms with Gasteiger partial charge in [-0.05, 0) is 24.7 Å². The molecule has 1 atom stereocenters. The van der Waals surface area contributed by atoms with Crippen LogP contribution in [0.1, 0.15) is 11.6 Å². The van der Waals surface area contributed by atoms with E-state index in [1.54, 1.807) is 11.0 Å². The van der Waals surface area contributed by atoms with E-state index in [2.05, 4.69) is 4.90 Å². The molecule has 1 fully saturated rings. The Hall–Kier alpha value is -1.62. The largest absolute Gasteiger partial charge is 0.351 e. The Labute approximate surface area is 99.8 Å². The van der Waals surface area contributed by atoms with Crippen LogP contribution in [0.15, 0.2) is 24.3 Å². The second kappa shape index (κ2) is 4.71. The molecule has 1 aromatic rings. The highest BCUT2D eigenvalue weighted by Gasteiger charge is 2.28. The first-order chi connectivity index (χ1) is 8.08. The first kappa shape index (κ1) is 11.9. The van der Waals surface area contributed by atoms with Crippen molar-refractivity contribution in [1.29, 1.82) is 0 Å². The fourth-order valence-corrected chi connectivity index (χ4v) is 2.18. The van der Waals surface area contributed by atoms with Crippen LogP contribution in [0, 0.1) is 5.82 Å². The molecule has 2 N–H and O–H groups in total. The number of likely N-dealkylation sites (N-methyl/N-ethyl adjacent to an activating group) is 1. The lowest BCUT2D eigenvalue weighted by atomic mass is 10.0. The first-order valence-electron chi connectivity index (χ1n) is 5.58. The van der Waals surface area contributed by atoms with E-state index in [4.69, 9.17) is 5.73 Å². The van der Waals surface area contributed by atoms with E-state index in [9.17, 15) is 9.18 Å². The van der Waals surface area contributed by atoms with Crippen molar-refractivity contribution in [3.63, 3.8) is 0 Å². The van der Waals surface area contributed by atoms with E-state index in [1.165, 1.54) is 12.1 Å². The number of primary amides is 1. The number of nitrogens with two attached hydrogens (primary N) is 1. The summed E-state index contributed by atoms with van der Waals surface area (Å²) in [6.45, 7) is 2.04. The lowest BCUT2D eigenvalue weighted by Crippen LogP contribution is -2.51. The Kier molecular flexibility index (Phi) is 3.28. The van der Waals surface area contributed by atoms with Crippen molar-refractivity contribution in [2.45, 2.75) is 6.04 Å². The number of hydrogen-bond acceptors (Lipinski definition) is 2. The quantitative estimate of drug-likeness (QED) is 0.797. The van der Waals surface area contributed by atoms with Gasteiger partial charge in [0.1, 0.15) is 5.82 Å². The predicted molar refractivity (Wildman–Crippen MR) is 62.9 cm³/mol. The van der Waals surface area contributed by atoms with Crippen LogP contribution >= 0.6 is 0 Å². The van der Waals surface area contributed by atoms with Gasteiger partial charge in [0, 0.05) is 19.6 Å². The van der Waals surface area contributed by atoms with Crippen molar-refractivity contribution >= 4 is 6.03 Å². The third-order valence-corrected chi connectivity index (χ3v) is 3.10. The zero-order chi connectivity index (χ0) is 12.4. The highest BCUT2D eigenvalue weighted by atomic mass is 19.1. The molecule has 5 heteroatoms. The average Bonchev–Trinajstić information content (AvgIpc) is 2.28.